The summed E-state index contributed by atoms with van der Waals surface area (Å²) in [5.74, 6) is 0. The first-order valence-corrected chi connectivity index (χ1v) is 2.81. The molecule has 0 aliphatic rings. The molecule has 0 fully saturated rings. The Balaban J connectivity index is 2.72. The second kappa shape index (κ2) is 6.63. The van der Waals surface area contributed by atoms with Crippen molar-refractivity contribution in [1.82, 2.24) is 0 Å². The highest BCUT2D eigenvalue weighted by molar-refractivity contribution is 5.56. The zero-order chi connectivity index (χ0) is 6.24. The lowest BCUT2D eigenvalue weighted by Gasteiger charge is -1.90. The molecule has 0 bridgehead atoms. The van der Waals surface area contributed by atoms with Crippen molar-refractivity contribution in [3.8, 4) is 0 Å². The average molecular weight is 115 g/mol. The molecular formula is C6H13NO. The Kier molecular flexibility index (Phi) is 6.32. The van der Waals surface area contributed by atoms with Crippen molar-refractivity contribution in [3.63, 3.8) is 0 Å². The Labute approximate surface area is 50.6 Å². The van der Waals surface area contributed by atoms with Gasteiger partial charge in [-0.2, -0.15) is 0 Å². The second-order valence-electron chi connectivity index (χ2n) is 1.58. The molecule has 0 aromatic heterocycles. The molecule has 0 aliphatic heterocycles. The molecule has 0 radical (unpaired) electrons. The zero-order valence-corrected chi connectivity index (χ0v) is 5.55. The van der Waals surface area contributed by atoms with Gasteiger partial charge in [0.15, 0.2) is 0 Å². The van der Waals surface area contributed by atoms with E-state index in [0.29, 0.717) is 0 Å². The fourth-order valence-corrected chi connectivity index (χ4v) is 0.448. The molecule has 2 nitrogen and oxygen atoms in total. The van der Waals surface area contributed by atoms with E-state index in [4.69, 9.17) is 4.74 Å². The van der Waals surface area contributed by atoms with Gasteiger partial charge in [0.25, 0.3) is 0 Å². The number of aliphatic imine (C=N–C) groups is 1. The Morgan fingerprint density at radius 1 is 1.62 bits per heavy atom. The van der Waals surface area contributed by atoms with Crippen LogP contribution in [-0.2, 0) is 4.74 Å². The van der Waals surface area contributed by atoms with Crippen molar-refractivity contribution in [2.45, 2.75) is 12.8 Å². The third-order valence-corrected chi connectivity index (χ3v) is 0.864. The SMILES string of the molecule is C/N=C/CCCOC. The Morgan fingerprint density at radius 3 is 2.88 bits per heavy atom. The van der Waals surface area contributed by atoms with Crippen LogP contribution < -0.4 is 0 Å². The fourth-order valence-electron chi connectivity index (χ4n) is 0.448. The third kappa shape index (κ3) is 5.63. The molecule has 0 N–H and O–H groups in total. The maximum Gasteiger partial charge on any atom is 0.0465 e. The monoisotopic (exact) mass is 115 g/mol. The number of unbranched alkanes of at least 4 members (excludes halogenated alkanes) is 1. The van der Waals surface area contributed by atoms with E-state index in [-0.39, 0.29) is 0 Å². The predicted molar refractivity (Wildman–Crippen MR) is 35.5 cm³/mol. The van der Waals surface area contributed by atoms with Gasteiger partial charge in [0, 0.05) is 20.8 Å². The van der Waals surface area contributed by atoms with Gasteiger partial charge < -0.3 is 9.73 Å². The van der Waals surface area contributed by atoms with Crippen molar-refractivity contribution < 1.29 is 4.74 Å². The lowest BCUT2D eigenvalue weighted by molar-refractivity contribution is 0.197. The van der Waals surface area contributed by atoms with E-state index in [0.717, 1.165) is 19.4 Å². The molecular weight excluding hydrogens is 102 g/mol. The lowest BCUT2D eigenvalue weighted by Crippen LogP contribution is -1.87. The molecule has 0 atom stereocenters. The van der Waals surface area contributed by atoms with Crippen LogP contribution in [0.2, 0.25) is 0 Å². The minimum atomic E-state index is 0.839. The van der Waals surface area contributed by atoms with Gasteiger partial charge in [0.2, 0.25) is 0 Å². The number of methoxy groups -OCH3 is 1. The molecule has 48 valence electrons. The second-order valence-corrected chi connectivity index (χ2v) is 1.58. The van der Waals surface area contributed by atoms with Crippen molar-refractivity contribution in [2.24, 2.45) is 4.99 Å². The maximum absolute atomic E-state index is 4.83. The van der Waals surface area contributed by atoms with Gasteiger partial charge >= 0.3 is 0 Å². The summed E-state index contributed by atoms with van der Waals surface area (Å²) in [4.78, 5) is 3.83. The summed E-state index contributed by atoms with van der Waals surface area (Å²) in [5.41, 5.74) is 0. The number of rotatable bonds is 4. The molecule has 0 aromatic rings. The van der Waals surface area contributed by atoms with E-state index in [1.807, 2.05) is 6.21 Å². The minimum absolute atomic E-state index is 0.839. The quantitative estimate of drug-likeness (QED) is 0.397. The van der Waals surface area contributed by atoms with Gasteiger partial charge in [-0.15, -0.1) is 0 Å². The van der Waals surface area contributed by atoms with Gasteiger partial charge in [0.05, 0.1) is 0 Å². The van der Waals surface area contributed by atoms with Crippen LogP contribution in [0, 0.1) is 0 Å². The largest absolute Gasteiger partial charge is 0.385 e. The minimum Gasteiger partial charge on any atom is -0.385 e. The molecule has 0 amide bonds. The van der Waals surface area contributed by atoms with Gasteiger partial charge in [-0.25, -0.2) is 0 Å². The summed E-state index contributed by atoms with van der Waals surface area (Å²) in [6, 6.07) is 0. The number of hydrogen-bond donors (Lipinski definition) is 0. The first-order chi connectivity index (χ1) is 3.91. The van der Waals surface area contributed by atoms with Crippen LogP contribution in [0.3, 0.4) is 0 Å². The smallest absolute Gasteiger partial charge is 0.0465 e. The van der Waals surface area contributed by atoms with Crippen molar-refractivity contribution in [3.05, 3.63) is 0 Å². The highest BCUT2D eigenvalue weighted by Crippen LogP contribution is 1.83. The predicted octanol–water partition coefficient (Wildman–Crippen LogP) is 1.11. The molecule has 0 saturated carbocycles. The van der Waals surface area contributed by atoms with E-state index >= 15 is 0 Å². The van der Waals surface area contributed by atoms with Crippen molar-refractivity contribution >= 4 is 6.21 Å². The van der Waals surface area contributed by atoms with Crippen molar-refractivity contribution in [2.75, 3.05) is 20.8 Å². The number of hydrogen-bond acceptors (Lipinski definition) is 2. The van der Waals surface area contributed by atoms with E-state index < -0.39 is 0 Å². The topological polar surface area (TPSA) is 21.6 Å². The lowest BCUT2D eigenvalue weighted by atomic mass is 10.3. The van der Waals surface area contributed by atoms with Crippen LogP contribution in [0.4, 0.5) is 0 Å². The van der Waals surface area contributed by atoms with Crippen LogP contribution >= 0.6 is 0 Å². The summed E-state index contributed by atoms with van der Waals surface area (Å²) >= 11 is 0. The zero-order valence-electron chi connectivity index (χ0n) is 5.55. The third-order valence-electron chi connectivity index (χ3n) is 0.864. The normalized spacial score (nSPS) is 10.8. The molecule has 2 heteroatoms. The van der Waals surface area contributed by atoms with Crippen LogP contribution in [0.5, 0.6) is 0 Å². The Hall–Kier alpha value is -0.370. The highest BCUT2D eigenvalue weighted by Gasteiger charge is 1.78. The summed E-state index contributed by atoms with van der Waals surface area (Å²) in [6.07, 6.45) is 4.01. The van der Waals surface area contributed by atoms with E-state index in [1.165, 1.54) is 0 Å². The summed E-state index contributed by atoms with van der Waals surface area (Å²) in [6.45, 7) is 0.839. The molecule has 0 rings (SSSR count). The molecule has 0 aromatic carbocycles. The maximum atomic E-state index is 4.83. The fraction of sp³-hybridized carbons (Fsp3) is 0.833. The van der Waals surface area contributed by atoms with E-state index in [1.54, 1.807) is 14.2 Å². The summed E-state index contributed by atoms with van der Waals surface area (Å²) in [5, 5.41) is 0. The van der Waals surface area contributed by atoms with Gasteiger partial charge in [0.1, 0.15) is 0 Å². The molecule has 0 aliphatic carbocycles. The Morgan fingerprint density at radius 2 is 2.38 bits per heavy atom. The number of ether oxygens (including phenoxy) is 1. The summed E-state index contributed by atoms with van der Waals surface area (Å²) in [7, 11) is 3.50. The molecule has 8 heavy (non-hydrogen) atoms. The highest BCUT2D eigenvalue weighted by atomic mass is 16.5. The molecule has 0 saturated heterocycles. The van der Waals surface area contributed by atoms with Crippen molar-refractivity contribution in [1.29, 1.82) is 0 Å². The number of nitrogens with zero attached hydrogens (tertiary/aromatic N) is 1. The van der Waals surface area contributed by atoms with Gasteiger partial charge in [-0.1, -0.05) is 0 Å². The van der Waals surface area contributed by atoms with Crippen LogP contribution in [0.25, 0.3) is 0 Å². The van der Waals surface area contributed by atoms with E-state index in [2.05, 4.69) is 4.99 Å². The standard InChI is InChI=1S/C6H13NO/c1-7-5-3-4-6-8-2/h5H,3-4,6H2,1-2H3/b7-5+. The first kappa shape index (κ1) is 7.63. The first-order valence-electron chi connectivity index (χ1n) is 2.81. The van der Waals surface area contributed by atoms with Crippen LogP contribution in [-0.4, -0.2) is 27.0 Å². The molecule has 0 heterocycles. The average Bonchev–Trinajstić information content (AvgIpc) is 1.81. The van der Waals surface area contributed by atoms with Gasteiger partial charge in [-0.05, 0) is 19.1 Å². The van der Waals surface area contributed by atoms with Gasteiger partial charge in [-0.3, -0.25) is 0 Å². The van der Waals surface area contributed by atoms with Crippen LogP contribution in [0.1, 0.15) is 12.8 Å². The van der Waals surface area contributed by atoms with Crippen LogP contribution in [0.15, 0.2) is 4.99 Å². The molecule has 0 unspecified atom stereocenters. The Bertz CT molecular complexity index is 61.5. The van der Waals surface area contributed by atoms with E-state index in [9.17, 15) is 0 Å². The summed E-state index contributed by atoms with van der Waals surface area (Å²) < 4.78 is 4.83. The molecule has 0 spiro atoms.